The Kier molecular flexibility index (Phi) is 6.32. The molecule has 0 saturated carbocycles. The minimum Gasteiger partial charge on any atom is -0.497 e. The summed E-state index contributed by atoms with van der Waals surface area (Å²) in [6.07, 6.45) is 0. The molecule has 0 aliphatic heterocycles. The number of carbonyl (C=O) groups is 1. The summed E-state index contributed by atoms with van der Waals surface area (Å²) in [5.41, 5.74) is 1.57. The molecule has 0 spiro atoms. The summed E-state index contributed by atoms with van der Waals surface area (Å²) in [6, 6.07) is 13.8. The lowest BCUT2D eigenvalue weighted by molar-refractivity contribution is -0.125. The van der Waals surface area contributed by atoms with Crippen LogP contribution in [0.5, 0.6) is 5.75 Å². The molecule has 0 bridgehead atoms. The van der Waals surface area contributed by atoms with Crippen molar-refractivity contribution in [2.75, 3.05) is 14.2 Å². The van der Waals surface area contributed by atoms with E-state index in [1.54, 1.807) is 25.3 Å². The predicted octanol–water partition coefficient (Wildman–Crippen LogP) is 2.97. The van der Waals surface area contributed by atoms with E-state index in [0.29, 0.717) is 18.7 Å². The van der Waals surface area contributed by atoms with Crippen LogP contribution in [-0.4, -0.2) is 31.0 Å². The second kappa shape index (κ2) is 8.45. The number of hydrogen-bond donors (Lipinski definition) is 1. The van der Waals surface area contributed by atoms with Crippen LogP contribution >= 0.6 is 0 Å². The second-order valence-electron chi connectivity index (χ2n) is 5.75. The van der Waals surface area contributed by atoms with Crippen molar-refractivity contribution in [2.24, 2.45) is 0 Å². The third kappa shape index (κ3) is 4.80. The first-order valence-corrected chi connectivity index (χ1v) is 7.85. The number of methoxy groups -OCH3 is 1. The molecule has 5 heteroatoms. The zero-order chi connectivity index (χ0) is 17.5. The summed E-state index contributed by atoms with van der Waals surface area (Å²) in [7, 11) is 3.42. The van der Waals surface area contributed by atoms with Gasteiger partial charge in [0.2, 0.25) is 5.91 Å². The molecule has 0 unspecified atom stereocenters. The van der Waals surface area contributed by atoms with E-state index in [9.17, 15) is 9.18 Å². The monoisotopic (exact) mass is 330 g/mol. The van der Waals surface area contributed by atoms with E-state index in [1.165, 1.54) is 6.07 Å². The van der Waals surface area contributed by atoms with Crippen LogP contribution in [0, 0.1) is 5.82 Å². The molecular weight excluding hydrogens is 307 g/mol. The highest BCUT2D eigenvalue weighted by atomic mass is 19.1. The summed E-state index contributed by atoms with van der Waals surface area (Å²) >= 11 is 0. The lowest BCUT2D eigenvalue weighted by atomic mass is 10.1. The number of ether oxygens (including phenoxy) is 1. The molecule has 0 aromatic heterocycles. The molecule has 0 heterocycles. The fourth-order valence-electron chi connectivity index (χ4n) is 2.31. The average Bonchev–Trinajstić information content (AvgIpc) is 2.61. The van der Waals surface area contributed by atoms with Gasteiger partial charge in [0.15, 0.2) is 0 Å². The average molecular weight is 330 g/mol. The van der Waals surface area contributed by atoms with Gasteiger partial charge in [0.1, 0.15) is 11.6 Å². The Bertz CT molecular complexity index is 673. The van der Waals surface area contributed by atoms with E-state index in [1.807, 2.05) is 43.1 Å². The van der Waals surface area contributed by atoms with Crippen LogP contribution < -0.4 is 10.1 Å². The van der Waals surface area contributed by atoms with Gasteiger partial charge < -0.3 is 10.1 Å². The van der Waals surface area contributed by atoms with Crippen molar-refractivity contribution in [3.05, 3.63) is 65.5 Å². The quantitative estimate of drug-likeness (QED) is 0.849. The largest absolute Gasteiger partial charge is 0.497 e. The highest BCUT2D eigenvalue weighted by molar-refractivity contribution is 5.81. The minimum absolute atomic E-state index is 0.0929. The molecule has 1 N–H and O–H groups in total. The molecule has 4 nitrogen and oxygen atoms in total. The Morgan fingerprint density at radius 2 is 1.88 bits per heavy atom. The number of benzene rings is 2. The first kappa shape index (κ1) is 17.9. The molecule has 1 atom stereocenters. The molecular formula is C19H23FN2O2. The number of nitrogens with one attached hydrogen (secondary N) is 1. The summed E-state index contributed by atoms with van der Waals surface area (Å²) in [6.45, 7) is 2.63. The maximum Gasteiger partial charge on any atom is 0.237 e. The van der Waals surface area contributed by atoms with Gasteiger partial charge in [-0.1, -0.05) is 30.3 Å². The van der Waals surface area contributed by atoms with Gasteiger partial charge in [-0.2, -0.15) is 0 Å². The zero-order valence-corrected chi connectivity index (χ0v) is 14.3. The number of rotatable bonds is 7. The number of hydrogen-bond acceptors (Lipinski definition) is 3. The van der Waals surface area contributed by atoms with E-state index >= 15 is 0 Å². The normalized spacial score (nSPS) is 12.0. The van der Waals surface area contributed by atoms with Crippen LogP contribution in [0.2, 0.25) is 0 Å². The van der Waals surface area contributed by atoms with Crippen molar-refractivity contribution in [1.29, 1.82) is 0 Å². The Hall–Kier alpha value is -2.40. The molecule has 2 aromatic carbocycles. The van der Waals surface area contributed by atoms with Gasteiger partial charge in [0.05, 0.1) is 13.2 Å². The van der Waals surface area contributed by atoms with Gasteiger partial charge in [0, 0.05) is 18.7 Å². The molecule has 0 aliphatic carbocycles. The SMILES string of the molecule is COc1ccc(CNC(=O)[C@@H](C)N(C)Cc2ccccc2F)cc1. The van der Waals surface area contributed by atoms with E-state index in [2.05, 4.69) is 5.32 Å². The Morgan fingerprint density at radius 1 is 1.21 bits per heavy atom. The van der Waals surface area contributed by atoms with Gasteiger partial charge in [-0.25, -0.2) is 4.39 Å². The third-order valence-electron chi connectivity index (χ3n) is 4.04. The molecule has 24 heavy (non-hydrogen) atoms. The standard InChI is InChI=1S/C19H23FN2O2/c1-14(22(2)13-16-6-4-5-7-18(16)20)19(23)21-12-15-8-10-17(24-3)11-9-15/h4-11,14H,12-13H2,1-3H3,(H,21,23)/t14-/m1/s1. The predicted molar refractivity (Wildman–Crippen MR) is 92.2 cm³/mol. The highest BCUT2D eigenvalue weighted by Crippen LogP contribution is 2.12. The maximum atomic E-state index is 13.7. The molecule has 0 saturated heterocycles. The zero-order valence-electron chi connectivity index (χ0n) is 14.3. The van der Waals surface area contributed by atoms with Crippen molar-refractivity contribution >= 4 is 5.91 Å². The second-order valence-corrected chi connectivity index (χ2v) is 5.75. The molecule has 0 fully saturated rings. The van der Waals surface area contributed by atoms with Crippen LogP contribution in [0.25, 0.3) is 0 Å². The fraction of sp³-hybridized carbons (Fsp3) is 0.316. The molecule has 0 radical (unpaired) electrons. The first-order valence-electron chi connectivity index (χ1n) is 7.85. The number of nitrogens with zero attached hydrogens (tertiary/aromatic N) is 1. The lowest BCUT2D eigenvalue weighted by Gasteiger charge is -2.24. The smallest absolute Gasteiger partial charge is 0.237 e. The summed E-state index contributed by atoms with van der Waals surface area (Å²) in [5, 5.41) is 2.90. The summed E-state index contributed by atoms with van der Waals surface area (Å²) in [5.74, 6) is 0.433. The van der Waals surface area contributed by atoms with Crippen LogP contribution in [0.1, 0.15) is 18.1 Å². The Morgan fingerprint density at radius 3 is 2.50 bits per heavy atom. The van der Waals surface area contributed by atoms with E-state index in [0.717, 1.165) is 11.3 Å². The van der Waals surface area contributed by atoms with Gasteiger partial charge in [-0.15, -0.1) is 0 Å². The molecule has 0 aliphatic rings. The van der Waals surface area contributed by atoms with Gasteiger partial charge in [-0.05, 0) is 37.7 Å². The number of halogens is 1. The van der Waals surface area contributed by atoms with Crippen molar-refractivity contribution in [3.63, 3.8) is 0 Å². The van der Waals surface area contributed by atoms with Crippen molar-refractivity contribution < 1.29 is 13.9 Å². The summed E-state index contributed by atoms with van der Waals surface area (Å²) in [4.78, 5) is 14.1. The Balaban J connectivity index is 1.87. The third-order valence-corrected chi connectivity index (χ3v) is 4.04. The maximum absolute atomic E-state index is 13.7. The van der Waals surface area contributed by atoms with Crippen LogP contribution in [0.3, 0.4) is 0 Å². The lowest BCUT2D eigenvalue weighted by Crippen LogP contribution is -2.42. The summed E-state index contributed by atoms with van der Waals surface area (Å²) < 4.78 is 18.8. The first-order chi connectivity index (χ1) is 11.5. The fourth-order valence-corrected chi connectivity index (χ4v) is 2.31. The molecule has 1 amide bonds. The van der Waals surface area contributed by atoms with Crippen molar-refractivity contribution in [3.8, 4) is 5.75 Å². The van der Waals surface area contributed by atoms with E-state index in [4.69, 9.17) is 4.74 Å². The van der Waals surface area contributed by atoms with Gasteiger partial charge >= 0.3 is 0 Å². The topological polar surface area (TPSA) is 41.6 Å². The van der Waals surface area contributed by atoms with Crippen LogP contribution in [0.4, 0.5) is 4.39 Å². The highest BCUT2D eigenvalue weighted by Gasteiger charge is 2.18. The molecule has 2 aromatic rings. The number of carbonyl (C=O) groups excluding carboxylic acids is 1. The van der Waals surface area contributed by atoms with E-state index in [-0.39, 0.29) is 17.8 Å². The number of amides is 1. The van der Waals surface area contributed by atoms with E-state index < -0.39 is 0 Å². The van der Waals surface area contributed by atoms with Crippen molar-refractivity contribution in [2.45, 2.75) is 26.1 Å². The molecule has 128 valence electrons. The van der Waals surface area contributed by atoms with Gasteiger partial charge in [-0.3, -0.25) is 9.69 Å². The van der Waals surface area contributed by atoms with Crippen LogP contribution in [-0.2, 0) is 17.9 Å². The molecule has 2 rings (SSSR count). The van der Waals surface area contributed by atoms with Crippen LogP contribution in [0.15, 0.2) is 48.5 Å². The number of likely N-dealkylation sites (N-methyl/N-ethyl adjacent to an activating group) is 1. The van der Waals surface area contributed by atoms with Gasteiger partial charge in [0.25, 0.3) is 0 Å². The van der Waals surface area contributed by atoms with Crippen molar-refractivity contribution in [1.82, 2.24) is 10.2 Å². The Labute approximate surface area is 142 Å². The minimum atomic E-state index is -0.358.